The highest BCUT2D eigenvalue weighted by molar-refractivity contribution is 5.78. The molecule has 1 aromatic heterocycles. The van der Waals surface area contributed by atoms with Crippen molar-refractivity contribution in [3.05, 3.63) is 71.1 Å². The van der Waals surface area contributed by atoms with E-state index in [9.17, 15) is 4.79 Å². The van der Waals surface area contributed by atoms with Crippen LogP contribution >= 0.6 is 0 Å². The van der Waals surface area contributed by atoms with Crippen LogP contribution in [-0.2, 0) is 17.8 Å². The zero-order valence-corrected chi connectivity index (χ0v) is 19.2. The summed E-state index contributed by atoms with van der Waals surface area (Å²) in [5.41, 5.74) is 4.79. The molecule has 0 saturated carbocycles. The number of fused-ring (bicyclic) bond motifs is 1. The number of rotatable bonds is 6. The van der Waals surface area contributed by atoms with E-state index in [0.29, 0.717) is 24.8 Å². The first-order valence-corrected chi connectivity index (χ1v) is 11.9. The van der Waals surface area contributed by atoms with E-state index in [1.807, 2.05) is 31.2 Å². The summed E-state index contributed by atoms with van der Waals surface area (Å²) in [5.74, 6) is 1.39. The van der Waals surface area contributed by atoms with Crippen LogP contribution in [0.1, 0.15) is 41.5 Å². The van der Waals surface area contributed by atoms with Gasteiger partial charge in [-0.15, -0.1) is 0 Å². The monoisotopic (exact) mass is 445 g/mol. The van der Waals surface area contributed by atoms with Gasteiger partial charge in [0.2, 0.25) is 17.6 Å². The van der Waals surface area contributed by atoms with Gasteiger partial charge in [-0.25, -0.2) is 0 Å². The van der Waals surface area contributed by atoms with Crippen LogP contribution in [0.15, 0.2) is 53.1 Å². The molecule has 1 aliphatic carbocycles. The Morgan fingerprint density at radius 3 is 2.67 bits per heavy atom. The second-order valence-electron chi connectivity index (χ2n) is 9.09. The number of carbonyl (C=O) groups excluding carboxylic acids is 1. The zero-order chi connectivity index (χ0) is 22.6. The molecule has 33 heavy (non-hydrogen) atoms. The van der Waals surface area contributed by atoms with Gasteiger partial charge in [0.15, 0.2) is 0 Å². The molecule has 3 aromatic rings. The SMILES string of the molecule is Cc1ccccc1-c1noc(CN2CCN(CC(=O)NC3CCCc4ccccc43)CC2)n1. The lowest BCUT2D eigenvalue weighted by molar-refractivity contribution is -0.123. The van der Waals surface area contributed by atoms with Crippen LogP contribution in [0.25, 0.3) is 11.4 Å². The summed E-state index contributed by atoms with van der Waals surface area (Å²) in [6.07, 6.45) is 3.25. The lowest BCUT2D eigenvalue weighted by Gasteiger charge is -2.34. The van der Waals surface area contributed by atoms with E-state index in [-0.39, 0.29) is 11.9 Å². The van der Waals surface area contributed by atoms with Gasteiger partial charge in [0.25, 0.3) is 0 Å². The number of carbonyl (C=O) groups is 1. The van der Waals surface area contributed by atoms with E-state index >= 15 is 0 Å². The van der Waals surface area contributed by atoms with Crippen molar-refractivity contribution in [3.63, 3.8) is 0 Å². The van der Waals surface area contributed by atoms with Crippen molar-refractivity contribution >= 4 is 5.91 Å². The fourth-order valence-corrected chi connectivity index (χ4v) is 4.90. The maximum atomic E-state index is 12.7. The number of nitrogens with zero attached hydrogens (tertiary/aromatic N) is 4. The molecule has 1 saturated heterocycles. The third-order valence-corrected chi connectivity index (χ3v) is 6.75. The van der Waals surface area contributed by atoms with Gasteiger partial charge < -0.3 is 9.84 Å². The Balaban J connectivity index is 1.10. The number of nitrogens with one attached hydrogen (secondary N) is 1. The topological polar surface area (TPSA) is 74.5 Å². The maximum Gasteiger partial charge on any atom is 0.241 e. The largest absolute Gasteiger partial charge is 0.348 e. The zero-order valence-electron chi connectivity index (χ0n) is 19.2. The van der Waals surface area contributed by atoms with Crippen LogP contribution < -0.4 is 5.32 Å². The van der Waals surface area contributed by atoms with Gasteiger partial charge in [-0.2, -0.15) is 4.98 Å². The summed E-state index contributed by atoms with van der Waals surface area (Å²) in [7, 11) is 0. The molecule has 1 aliphatic heterocycles. The van der Waals surface area contributed by atoms with Gasteiger partial charge in [0, 0.05) is 31.7 Å². The van der Waals surface area contributed by atoms with E-state index < -0.39 is 0 Å². The Kier molecular flexibility index (Phi) is 6.51. The summed E-state index contributed by atoms with van der Waals surface area (Å²) in [4.78, 5) is 21.9. The number of benzene rings is 2. The Labute approximate surface area is 194 Å². The minimum absolute atomic E-state index is 0.116. The van der Waals surface area contributed by atoms with Gasteiger partial charge in [0.1, 0.15) is 0 Å². The first-order valence-electron chi connectivity index (χ1n) is 11.9. The van der Waals surface area contributed by atoms with Crippen LogP contribution in [0.3, 0.4) is 0 Å². The molecule has 1 unspecified atom stereocenters. The molecule has 1 atom stereocenters. The van der Waals surface area contributed by atoms with Crippen molar-refractivity contribution in [2.24, 2.45) is 0 Å². The Morgan fingerprint density at radius 1 is 1.06 bits per heavy atom. The van der Waals surface area contributed by atoms with Crippen LogP contribution in [-0.4, -0.2) is 58.6 Å². The van der Waals surface area contributed by atoms with Gasteiger partial charge >= 0.3 is 0 Å². The molecule has 7 nitrogen and oxygen atoms in total. The Morgan fingerprint density at radius 2 is 1.82 bits per heavy atom. The highest BCUT2D eigenvalue weighted by Crippen LogP contribution is 2.29. The van der Waals surface area contributed by atoms with Gasteiger partial charge in [-0.1, -0.05) is 53.7 Å². The number of piperazine rings is 1. The lowest BCUT2D eigenvalue weighted by atomic mass is 9.88. The molecular weight excluding hydrogens is 414 g/mol. The van der Waals surface area contributed by atoms with Crippen LogP contribution in [0, 0.1) is 6.92 Å². The molecule has 0 spiro atoms. The second kappa shape index (κ2) is 9.85. The fourth-order valence-electron chi connectivity index (χ4n) is 4.90. The molecule has 2 heterocycles. The molecule has 5 rings (SSSR count). The predicted octanol–water partition coefficient (Wildman–Crippen LogP) is 3.36. The second-order valence-corrected chi connectivity index (χ2v) is 9.09. The predicted molar refractivity (Wildman–Crippen MR) is 126 cm³/mol. The molecule has 172 valence electrons. The van der Waals surface area contributed by atoms with Crippen LogP contribution in [0.5, 0.6) is 0 Å². The van der Waals surface area contributed by atoms with Gasteiger partial charge in [-0.05, 0) is 42.9 Å². The quantitative estimate of drug-likeness (QED) is 0.627. The first kappa shape index (κ1) is 21.8. The number of aryl methyl sites for hydroxylation is 2. The molecular formula is C26H31N5O2. The molecule has 1 N–H and O–H groups in total. The number of aromatic nitrogens is 2. The highest BCUT2D eigenvalue weighted by Gasteiger charge is 2.24. The van der Waals surface area contributed by atoms with Crippen molar-refractivity contribution in [1.82, 2.24) is 25.3 Å². The van der Waals surface area contributed by atoms with Crippen molar-refractivity contribution in [1.29, 1.82) is 0 Å². The van der Waals surface area contributed by atoms with E-state index in [4.69, 9.17) is 4.52 Å². The summed E-state index contributed by atoms with van der Waals surface area (Å²) < 4.78 is 5.50. The van der Waals surface area contributed by atoms with Crippen molar-refractivity contribution in [2.75, 3.05) is 32.7 Å². The normalized spacial score (nSPS) is 19.2. The smallest absolute Gasteiger partial charge is 0.241 e. The highest BCUT2D eigenvalue weighted by atomic mass is 16.5. The molecule has 0 bridgehead atoms. The molecule has 2 aliphatic rings. The Hall–Kier alpha value is -3.03. The van der Waals surface area contributed by atoms with Crippen molar-refractivity contribution < 1.29 is 9.32 Å². The summed E-state index contributed by atoms with van der Waals surface area (Å²) in [6.45, 7) is 6.60. The van der Waals surface area contributed by atoms with Crippen molar-refractivity contribution in [3.8, 4) is 11.4 Å². The standard InChI is InChI=1S/C26H31N5O2/c1-19-7-2-4-10-21(19)26-28-25(33-29-26)18-31-15-13-30(14-16-31)17-24(32)27-23-12-6-9-20-8-3-5-11-22(20)23/h2-5,7-8,10-11,23H,6,9,12-18H2,1H3,(H,27,32). The van der Waals surface area contributed by atoms with Gasteiger partial charge in [0.05, 0.1) is 19.1 Å². The third-order valence-electron chi connectivity index (χ3n) is 6.75. The summed E-state index contributed by atoms with van der Waals surface area (Å²) >= 11 is 0. The van der Waals surface area contributed by atoms with E-state index in [0.717, 1.165) is 56.6 Å². The van der Waals surface area contributed by atoms with E-state index in [1.165, 1.54) is 11.1 Å². The minimum Gasteiger partial charge on any atom is -0.348 e. The fraction of sp³-hybridized carbons (Fsp3) is 0.423. The number of hydrogen-bond donors (Lipinski definition) is 1. The molecule has 7 heteroatoms. The van der Waals surface area contributed by atoms with Crippen molar-refractivity contribution in [2.45, 2.75) is 38.8 Å². The minimum atomic E-state index is 0.116. The molecule has 1 fully saturated rings. The Bertz CT molecular complexity index is 1100. The third kappa shape index (κ3) is 5.15. The van der Waals surface area contributed by atoms with E-state index in [2.05, 4.69) is 49.5 Å². The molecule has 1 amide bonds. The van der Waals surface area contributed by atoms with Crippen LogP contribution in [0.2, 0.25) is 0 Å². The average molecular weight is 446 g/mol. The number of amides is 1. The number of hydrogen-bond acceptors (Lipinski definition) is 6. The summed E-state index contributed by atoms with van der Waals surface area (Å²) in [6, 6.07) is 16.7. The lowest BCUT2D eigenvalue weighted by Crippen LogP contribution is -2.49. The molecule has 0 radical (unpaired) electrons. The maximum absolute atomic E-state index is 12.7. The van der Waals surface area contributed by atoms with Crippen LogP contribution in [0.4, 0.5) is 0 Å². The summed E-state index contributed by atoms with van der Waals surface area (Å²) in [5, 5.41) is 7.43. The van der Waals surface area contributed by atoms with E-state index in [1.54, 1.807) is 0 Å². The molecule has 2 aromatic carbocycles. The first-order chi connectivity index (χ1) is 16.2. The van der Waals surface area contributed by atoms with Gasteiger partial charge in [-0.3, -0.25) is 14.6 Å². The average Bonchev–Trinajstić information content (AvgIpc) is 3.29.